The summed E-state index contributed by atoms with van der Waals surface area (Å²) >= 11 is 0. The number of methoxy groups -OCH3 is 1. The van der Waals surface area contributed by atoms with E-state index in [-0.39, 0.29) is 6.42 Å². The molecular weight excluding hydrogens is 356 g/mol. The number of aromatic amines is 1. The quantitative estimate of drug-likeness (QED) is 0.391. The normalized spacial score (nSPS) is 11.8. The Balaban J connectivity index is 1.88. The van der Waals surface area contributed by atoms with Crippen LogP contribution >= 0.6 is 0 Å². The smallest absolute Gasteiger partial charge is 0.307 e. The van der Waals surface area contributed by atoms with E-state index in [4.69, 9.17) is 4.74 Å². The number of rotatable bonds is 6. The van der Waals surface area contributed by atoms with Gasteiger partial charge in [-0.05, 0) is 25.5 Å². The third kappa shape index (κ3) is 3.96. The van der Waals surface area contributed by atoms with Gasteiger partial charge in [0.05, 0.1) is 25.1 Å². The number of nitrogens with one attached hydrogen (secondary N) is 2. The molecule has 2 aromatic carbocycles. The molecule has 1 atom stereocenters. The summed E-state index contributed by atoms with van der Waals surface area (Å²) in [4.78, 5) is 40.5. The van der Waals surface area contributed by atoms with Gasteiger partial charge in [-0.2, -0.15) is 0 Å². The summed E-state index contributed by atoms with van der Waals surface area (Å²) in [5, 5.41) is 3.39. The fourth-order valence-corrected chi connectivity index (χ4v) is 3.21. The molecule has 0 saturated heterocycles. The Morgan fingerprint density at radius 2 is 1.71 bits per heavy atom. The van der Waals surface area contributed by atoms with Gasteiger partial charge in [0.1, 0.15) is 0 Å². The number of Topliss-reactive ketones (excluding diaryl/α,β-unsaturated/α-hetero) is 1. The van der Waals surface area contributed by atoms with Crippen LogP contribution in [0, 0.1) is 13.8 Å². The monoisotopic (exact) mass is 378 g/mol. The van der Waals surface area contributed by atoms with Crippen molar-refractivity contribution in [3.63, 3.8) is 0 Å². The van der Waals surface area contributed by atoms with Gasteiger partial charge in [0.2, 0.25) is 0 Å². The lowest BCUT2D eigenvalue weighted by molar-refractivity contribution is -0.141. The van der Waals surface area contributed by atoms with Crippen LogP contribution in [-0.4, -0.2) is 29.8 Å². The first-order chi connectivity index (χ1) is 13.4. The number of hydrogen-bond acceptors (Lipinski definition) is 4. The minimum atomic E-state index is -0.762. The van der Waals surface area contributed by atoms with Crippen molar-refractivity contribution in [1.29, 1.82) is 0 Å². The molecular formula is C22H22N2O4. The van der Waals surface area contributed by atoms with Crippen molar-refractivity contribution < 1.29 is 19.1 Å². The maximum absolute atomic E-state index is 12.9. The van der Waals surface area contributed by atoms with E-state index in [9.17, 15) is 14.4 Å². The number of H-pyrrole nitrogens is 1. The highest BCUT2D eigenvalue weighted by atomic mass is 16.5. The van der Waals surface area contributed by atoms with Gasteiger partial charge in [0.25, 0.3) is 11.7 Å². The van der Waals surface area contributed by atoms with Crippen molar-refractivity contribution in [2.45, 2.75) is 26.3 Å². The molecule has 6 nitrogen and oxygen atoms in total. The Morgan fingerprint density at radius 1 is 1.04 bits per heavy atom. The third-order valence-electron chi connectivity index (χ3n) is 4.71. The Kier molecular flexibility index (Phi) is 5.59. The molecule has 0 spiro atoms. The van der Waals surface area contributed by atoms with E-state index in [0.717, 1.165) is 16.6 Å². The number of ether oxygens (including phenoxy) is 1. The average molecular weight is 378 g/mol. The molecule has 3 rings (SSSR count). The van der Waals surface area contributed by atoms with Gasteiger partial charge >= 0.3 is 5.97 Å². The largest absolute Gasteiger partial charge is 0.469 e. The number of carbonyl (C=O) groups excluding carboxylic acids is 3. The highest BCUT2D eigenvalue weighted by Gasteiger charge is 2.26. The number of esters is 1. The molecule has 1 amide bonds. The van der Waals surface area contributed by atoms with Gasteiger partial charge in [-0.3, -0.25) is 14.4 Å². The van der Waals surface area contributed by atoms with Crippen molar-refractivity contribution in [3.05, 3.63) is 70.9 Å². The van der Waals surface area contributed by atoms with E-state index in [1.807, 2.05) is 49.4 Å². The van der Waals surface area contributed by atoms with Crippen LogP contribution in [0.2, 0.25) is 0 Å². The van der Waals surface area contributed by atoms with Crippen molar-refractivity contribution in [1.82, 2.24) is 10.3 Å². The highest BCUT2D eigenvalue weighted by molar-refractivity contribution is 6.45. The minimum Gasteiger partial charge on any atom is -0.469 e. The van der Waals surface area contributed by atoms with Crippen molar-refractivity contribution in [2.75, 3.05) is 7.11 Å². The summed E-state index contributed by atoms with van der Waals surface area (Å²) in [6, 6.07) is 14.1. The topological polar surface area (TPSA) is 88.3 Å². The first kappa shape index (κ1) is 19.4. The number of para-hydroxylation sites is 1. The fourth-order valence-electron chi connectivity index (χ4n) is 3.21. The maximum atomic E-state index is 12.9. The number of benzene rings is 2. The van der Waals surface area contributed by atoms with Crippen LogP contribution in [0.4, 0.5) is 0 Å². The Labute approximate surface area is 162 Å². The van der Waals surface area contributed by atoms with Crippen molar-refractivity contribution in [3.8, 4) is 0 Å². The summed E-state index contributed by atoms with van der Waals surface area (Å²) in [6.07, 6.45) is -0.0640. The van der Waals surface area contributed by atoms with E-state index in [0.29, 0.717) is 16.6 Å². The molecule has 3 aromatic rings. The van der Waals surface area contributed by atoms with Crippen LogP contribution in [-0.2, 0) is 14.3 Å². The minimum absolute atomic E-state index is 0.0640. The summed E-state index contributed by atoms with van der Waals surface area (Å²) in [5.41, 5.74) is 3.54. The number of fused-ring (bicyclic) bond motifs is 1. The second kappa shape index (κ2) is 8.08. The fraction of sp³-hybridized carbons (Fsp3) is 0.227. The molecule has 0 radical (unpaired) electrons. The Hall–Kier alpha value is -3.41. The van der Waals surface area contributed by atoms with Gasteiger partial charge in [0.15, 0.2) is 0 Å². The highest BCUT2D eigenvalue weighted by Crippen LogP contribution is 2.23. The summed E-state index contributed by atoms with van der Waals surface area (Å²) < 4.78 is 4.74. The lowest BCUT2D eigenvalue weighted by Crippen LogP contribution is -2.35. The lowest BCUT2D eigenvalue weighted by Gasteiger charge is -2.18. The number of hydrogen-bond donors (Lipinski definition) is 2. The van der Waals surface area contributed by atoms with Gasteiger partial charge in [-0.15, -0.1) is 0 Å². The SMILES string of the molecule is COC(=O)C[C@H](NC(=O)C(=O)c1c(C)[nH]c2ccccc12)c1ccc(C)cc1. The number of aryl methyl sites for hydroxylation is 2. The van der Waals surface area contributed by atoms with Crippen molar-refractivity contribution in [2.24, 2.45) is 0 Å². The summed E-state index contributed by atoms with van der Waals surface area (Å²) in [7, 11) is 1.29. The second-order valence-electron chi connectivity index (χ2n) is 6.72. The summed E-state index contributed by atoms with van der Waals surface area (Å²) in [6.45, 7) is 3.70. The van der Waals surface area contributed by atoms with Crippen LogP contribution in [0.25, 0.3) is 10.9 Å². The number of ketones is 1. The molecule has 0 unspecified atom stereocenters. The van der Waals surface area contributed by atoms with Crippen LogP contribution in [0.15, 0.2) is 48.5 Å². The molecule has 0 aliphatic heterocycles. The first-order valence-corrected chi connectivity index (χ1v) is 8.96. The van der Waals surface area contributed by atoms with Gasteiger partial charge < -0.3 is 15.0 Å². The zero-order valence-corrected chi connectivity index (χ0v) is 16.0. The zero-order valence-electron chi connectivity index (χ0n) is 16.0. The number of aromatic nitrogens is 1. The van der Waals surface area contributed by atoms with Crippen LogP contribution in [0.3, 0.4) is 0 Å². The molecule has 1 heterocycles. The molecule has 144 valence electrons. The predicted octanol–water partition coefficient (Wildman–Crippen LogP) is 3.39. The number of amides is 1. The molecule has 6 heteroatoms. The van der Waals surface area contributed by atoms with Crippen LogP contribution in [0.5, 0.6) is 0 Å². The van der Waals surface area contributed by atoms with Gasteiger partial charge in [-0.25, -0.2) is 0 Å². The molecule has 0 aliphatic rings. The molecule has 0 saturated carbocycles. The molecule has 0 bridgehead atoms. The average Bonchev–Trinajstić information content (AvgIpc) is 3.02. The Bertz CT molecular complexity index is 1030. The molecule has 0 aliphatic carbocycles. The maximum Gasteiger partial charge on any atom is 0.307 e. The van der Waals surface area contributed by atoms with Gasteiger partial charge in [-0.1, -0.05) is 48.0 Å². The van der Waals surface area contributed by atoms with Crippen molar-refractivity contribution >= 4 is 28.6 Å². The van der Waals surface area contributed by atoms with E-state index in [1.54, 1.807) is 13.0 Å². The van der Waals surface area contributed by atoms with Crippen LogP contribution in [0.1, 0.15) is 39.6 Å². The van der Waals surface area contributed by atoms with E-state index >= 15 is 0 Å². The van der Waals surface area contributed by atoms with E-state index in [2.05, 4.69) is 10.3 Å². The van der Waals surface area contributed by atoms with E-state index in [1.165, 1.54) is 7.11 Å². The van der Waals surface area contributed by atoms with Gasteiger partial charge in [0, 0.05) is 16.6 Å². The first-order valence-electron chi connectivity index (χ1n) is 8.96. The Morgan fingerprint density at radius 3 is 2.39 bits per heavy atom. The second-order valence-corrected chi connectivity index (χ2v) is 6.72. The molecule has 2 N–H and O–H groups in total. The summed E-state index contributed by atoms with van der Waals surface area (Å²) in [5.74, 6) is -1.87. The molecule has 28 heavy (non-hydrogen) atoms. The van der Waals surface area contributed by atoms with Crippen LogP contribution < -0.4 is 5.32 Å². The predicted molar refractivity (Wildman–Crippen MR) is 106 cm³/mol. The molecule has 0 fully saturated rings. The third-order valence-corrected chi connectivity index (χ3v) is 4.71. The van der Waals surface area contributed by atoms with E-state index < -0.39 is 23.7 Å². The zero-order chi connectivity index (χ0) is 20.3. The lowest BCUT2D eigenvalue weighted by atomic mass is 10.0. The number of carbonyl (C=O) groups is 3. The standard InChI is InChI=1S/C22H22N2O4/c1-13-8-10-15(11-9-13)18(12-19(25)28-3)24-22(27)21(26)20-14(2)23-17-7-5-4-6-16(17)20/h4-11,18,23H,12H2,1-3H3,(H,24,27)/t18-/m0/s1. The molecule has 1 aromatic heterocycles.